The van der Waals surface area contributed by atoms with Gasteiger partial charge in [-0.25, -0.2) is 0 Å². The fraction of sp³-hybridized carbons (Fsp3) is 0.476. The van der Waals surface area contributed by atoms with Crippen LogP contribution < -0.4 is 0 Å². The Kier molecular flexibility index (Phi) is 4.93. The van der Waals surface area contributed by atoms with Crippen molar-refractivity contribution >= 4 is 5.91 Å². The third kappa shape index (κ3) is 3.87. The average molecular weight is 367 g/mol. The number of carbonyl (C=O) groups excluding carboxylic acids is 1. The zero-order chi connectivity index (χ0) is 18.9. The average Bonchev–Trinajstić information content (AvgIpc) is 2.66. The van der Waals surface area contributed by atoms with Crippen molar-refractivity contribution in [2.24, 2.45) is 0 Å². The molecule has 0 N–H and O–H groups in total. The Bertz CT molecular complexity index is 816. The van der Waals surface area contributed by atoms with Gasteiger partial charge in [0.1, 0.15) is 5.60 Å². The minimum atomic E-state index is -0.263. The summed E-state index contributed by atoms with van der Waals surface area (Å²) in [7, 11) is 0. The van der Waals surface area contributed by atoms with E-state index < -0.39 is 0 Å². The first kappa shape index (κ1) is 18.1. The lowest BCUT2D eigenvalue weighted by Crippen LogP contribution is -2.67. The normalized spacial score (nSPS) is 21.1. The second-order valence-electron chi connectivity index (χ2n) is 7.61. The van der Waals surface area contributed by atoms with E-state index in [4.69, 9.17) is 9.47 Å². The fourth-order valence-corrected chi connectivity index (χ4v) is 3.77. The van der Waals surface area contributed by atoms with Gasteiger partial charge in [0.2, 0.25) is 0 Å². The maximum absolute atomic E-state index is 12.6. The fourth-order valence-electron chi connectivity index (χ4n) is 3.77. The molecule has 142 valence electrons. The topological polar surface area (TPSA) is 64.6 Å². The van der Waals surface area contributed by atoms with Crippen LogP contribution in [0.2, 0.25) is 0 Å². The van der Waals surface area contributed by atoms with Crippen LogP contribution in [0.5, 0.6) is 0 Å². The Morgan fingerprint density at radius 3 is 2.89 bits per heavy atom. The predicted octanol–water partition coefficient (Wildman–Crippen LogP) is 2.68. The smallest absolute Gasteiger partial charge is 0.255 e. The molecule has 2 aliphatic rings. The molecule has 1 spiro atoms. The Hall–Kier alpha value is -2.31. The summed E-state index contributed by atoms with van der Waals surface area (Å²) in [6, 6.07) is 5.70. The zero-order valence-electron chi connectivity index (χ0n) is 15.9. The van der Waals surface area contributed by atoms with Crippen molar-refractivity contribution in [2.75, 3.05) is 19.7 Å². The van der Waals surface area contributed by atoms with E-state index in [0.717, 1.165) is 24.1 Å². The highest BCUT2D eigenvalue weighted by atomic mass is 16.5. The van der Waals surface area contributed by atoms with Gasteiger partial charge in [0.25, 0.3) is 5.91 Å². The maximum atomic E-state index is 12.6. The molecule has 0 radical (unpaired) electrons. The molecular formula is C21H25N3O3. The molecule has 0 unspecified atom stereocenters. The highest BCUT2D eigenvalue weighted by Gasteiger charge is 2.49. The molecule has 0 bridgehead atoms. The molecule has 2 aromatic heterocycles. The number of hydrogen-bond acceptors (Lipinski definition) is 5. The van der Waals surface area contributed by atoms with Crippen LogP contribution in [-0.4, -0.2) is 52.2 Å². The van der Waals surface area contributed by atoms with Crippen molar-refractivity contribution < 1.29 is 14.3 Å². The van der Waals surface area contributed by atoms with Crippen LogP contribution in [0, 0.1) is 13.8 Å². The van der Waals surface area contributed by atoms with E-state index in [1.165, 1.54) is 5.56 Å². The number of carbonyl (C=O) groups is 1. The van der Waals surface area contributed by atoms with Crippen LogP contribution in [0.3, 0.4) is 0 Å². The number of amides is 1. The number of aryl methyl sites for hydroxylation is 2. The summed E-state index contributed by atoms with van der Waals surface area (Å²) in [6.45, 7) is 6.46. The van der Waals surface area contributed by atoms with E-state index in [-0.39, 0.29) is 17.6 Å². The molecule has 0 saturated carbocycles. The summed E-state index contributed by atoms with van der Waals surface area (Å²) in [5.41, 5.74) is 3.59. The molecule has 4 heterocycles. The molecule has 1 amide bonds. The molecule has 6 heteroatoms. The highest BCUT2D eigenvalue weighted by molar-refractivity contribution is 5.94. The van der Waals surface area contributed by atoms with Crippen LogP contribution in [0.15, 0.2) is 36.8 Å². The van der Waals surface area contributed by atoms with E-state index in [1.807, 2.05) is 36.2 Å². The number of nitrogens with zero attached hydrogens (tertiary/aromatic N) is 3. The van der Waals surface area contributed by atoms with E-state index >= 15 is 0 Å². The lowest BCUT2D eigenvalue weighted by Gasteiger charge is -2.53. The lowest BCUT2D eigenvalue weighted by molar-refractivity contribution is -0.188. The quantitative estimate of drug-likeness (QED) is 0.831. The van der Waals surface area contributed by atoms with Crippen molar-refractivity contribution in [3.63, 3.8) is 0 Å². The third-order valence-corrected chi connectivity index (χ3v) is 5.47. The van der Waals surface area contributed by atoms with Crippen molar-refractivity contribution in [1.29, 1.82) is 0 Å². The van der Waals surface area contributed by atoms with E-state index in [0.29, 0.717) is 31.9 Å². The molecule has 6 nitrogen and oxygen atoms in total. The summed E-state index contributed by atoms with van der Waals surface area (Å²) in [5, 5.41) is 0. The number of likely N-dealkylation sites (tertiary alicyclic amines) is 1. The molecule has 4 rings (SSSR count). The third-order valence-electron chi connectivity index (χ3n) is 5.47. The van der Waals surface area contributed by atoms with Gasteiger partial charge in [0.15, 0.2) is 0 Å². The van der Waals surface area contributed by atoms with Gasteiger partial charge in [-0.05, 0) is 49.6 Å². The Morgan fingerprint density at radius 1 is 1.30 bits per heavy atom. The Labute approximate surface area is 159 Å². The summed E-state index contributed by atoms with van der Waals surface area (Å²) < 4.78 is 12.2. The largest absolute Gasteiger partial charge is 0.373 e. The van der Waals surface area contributed by atoms with Crippen molar-refractivity contribution in [3.8, 4) is 0 Å². The van der Waals surface area contributed by atoms with Crippen LogP contribution in [0.1, 0.15) is 40.0 Å². The maximum Gasteiger partial charge on any atom is 0.255 e. The number of rotatable bonds is 4. The molecule has 27 heavy (non-hydrogen) atoms. The van der Waals surface area contributed by atoms with Gasteiger partial charge in [-0.3, -0.25) is 14.8 Å². The minimum Gasteiger partial charge on any atom is -0.373 e. The number of aromatic nitrogens is 2. The summed E-state index contributed by atoms with van der Waals surface area (Å²) in [6.07, 6.45) is 7.16. The van der Waals surface area contributed by atoms with Gasteiger partial charge in [-0.15, -0.1) is 0 Å². The summed E-state index contributed by atoms with van der Waals surface area (Å²) in [4.78, 5) is 22.8. The number of pyridine rings is 2. The molecule has 0 aromatic carbocycles. The summed E-state index contributed by atoms with van der Waals surface area (Å²) >= 11 is 0. The number of ether oxygens (including phenoxy) is 2. The second kappa shape index (κ2) is 7.37. The standard InChI is InChI=1S/C21H25N3O3/c1-15-5-7-22-10-18(15)12-26-19-6-8-27-21(9-19)13-24(14-21)20(25)17-4-3-16(2)23-11-17/h3-5,7,10-11,19H,6,8-9,12-14H2,1-2H3/t19-/m0/s1. The Morgan fingerprint density at radius 2 is 2.15 bits per heavy atom. The molecular weight excluding hydrogens is 342 g/mol. The molecule has 2 saturated heterocycles. The first-order chi connectivity index (χ1) is 13.0. The van der Waals surface area contributed by atoms with Gasteiger partial charge in [-0.1, -0.05) is 0 Å². The van der Waals surface area contributed by atoms with Gasteiger partial charge in [0.05, 0.1) is 31.4 Å². The predicted molar refractivity (Wildman–Crippen MR) is 100 cm³/mol. The number of hydrogen-bond donors (Lipinski definition) is 0. The van der Waals surface area contributed by atoms with E-state index in [9.17, 15) is 4.79 Å². The van der Waals surface area contributed by atoms with Crippen LogP contribution in [0.4, 0.5) is 0 Å². The van der Waals surface area contributed by atoms with Gasteiger partial charge < -0.3 is 14.4 Å². The molecule has 2 aliphatic heterocycles. The molecule has 2 fully saturated rings. The first-order valence-electron chi connectivity index (χ1n) is 9.42. The van der Waals surface area contributed by atoms with Crippen molar-refractivity contribution in [2.45, 2.75) is 45.0 Å². The van der Waals surface area contributed by atoms with E-state index in [1.54, 1.807) is 12.4 Å². The van der Waals surface area contributed by atoms with Gasteiger partial charge >= 0.3 is 0 Å². The van der Waals surface area contributed by atoms with Gasteiger partial charge in [0, 0.05) is 37.3 Å². The highest BCUT2D eigenvalue weighted by Crippen LogP contribution is 2.36. The molecule has 2 aromatic rings. The van der Waals surface area contributed by atoms with Crippen molar-refractivity contribution in [3.05, 3.63) is 59.2 Å². The second-order valence-corrected chi connectivity index (χ2v) is 7.61. The summed E-state index contributed by atoms with van der Waals surface area (Å²) in [5.74, 6) is 0.0192. The molecule has 0 aliphatic carbocycles. The lowest BCUT2D eigenvalue weighted by atomic mass is 9.84. The minimum absolute atomic E-state index is 0.0192. The van der Waals surface area contributed by atoms with Gasteiger partial charge in [-0.2, -0.15) is 0 Å². The van der Waals surface area contributed by atoms with Crippen LogP contribution in [0.25, 0.3) is 0 Å². The monoisotopic (exact) mass is 367 g/mol. The van der Waals surface area contributed by atoms with Crippen LogP contribution >= 0.6 is 0 Å². The van der Waals surface area contributed by atoms with Crippen LogP contribution in [-0.2, 0) is 16.1 Å². The van der Waals surface area contributed by atoms with Crippen molar-refractivity contribution in [1.82, 2.24) is 14.9 Å². The van der Waals surface area contributed by atoms with E-state index in [2.05, 4.69) is 16.9 Å². The SMILES string of the molecule is Cc1ccc(C(=O)N2CC3(C[C@@H](OCc4cnccc4C)CCO3)C2)cn1. The Balaban J connectivity index is 1.32. The zero-order valence-corrected chi connectivity index (χ0v) is 15.9. The molecule has 1 atom stereocenters. The first-order valence-corrected chi connectivity index (χ1v) is 9.42.